The quantitative estimate of drug-likeness (QED) is 0.362. The number of methoxy groups -OCH3 is 2. The lowest BCUT2D eigenvalue weighted by atomic mass is 10.1. The zero-order valence-electron chi connectivity index (χ0n) is 15.0. The van der Waals surface area contributed by atoms with E-state index >= 15 is 0 Å². The summed E-state index contributed by atoms with van der Waals surface area (Å²) in [5.41, 5.74) is 1.01. The number of nitrogens with one attached hydrogen (secondary N) is 1. The van der Waals surface area contributed by atoms with Gasteiger partial charge >= 0.3 is 0 Å². The van der Waals surface area contributed by atoms with E-state index in [2.05, 4.69) is 5.32 Å². The fraction of sp³-hybridized carbons (Fsp3) is 0.158. The van der Waals surface area contributed by atoms with Crippen molar-refractivity contribution in [1.29, 1.82) is 5.26 Å². The highest BCUT2D eigenvalue weighted by molar-refractivity contribution is 6.09. The first-order chi connectivity index (χ1) is 12.9. The fourth-order valence-electron chi connectivity index (χ4n) is 2.34. The van der Waals surface area contributed by atoms with Crippen molar-refractivity contribution in [3.05, 3.63) is 63.2 Å². The molecule has 2 aromatic carbocycles. The lowest BCUT2D eigenvalue weighted by Crippen LogP contribution is -2.13. The van der Waals surface area contributed by atoms with Gasteiger partial charge in [0, 0.05) is 23.4 Å². The Labute approximate surface area is 155 Å². The molecule has 0 saturated heterocycles. The van der Waals surface area contributed by atoms with Crippen LogP contribution in [0.15, 0.2) is 42.0 Å². The van der Waals surface area contributed by atoms with Crippen molar-refractivity contribution >= 4 is 23.4 Å². The summed E-state index contributed by atoms with van der Waals surface area (Å²) < 4.78 is 10.3. The summed E-state index contributed by atoms with van der Waals surface area (Å²) in [5, 5.41) is 22.9. The number of anilines is 1. The number of amides is 1. The fourth-order valence-corrected chi connectivity index (χ4v) is 2.34. The highest BCUT2D eigenvalue weighted by Gasteiger charge is 2.14. The molecular weight excluding hydrogens is 350 g/mol. The predicted octanol–water partition coefficient (Wildman–Crippen LogP) is 3.47. The van der Waals surface area contributed by atoms with Crippen LogP contribution in [-0.4, -0.2) is 25.1 Å². The first-order valence-corrected chi connectivity index (χ1v) is 7.79. The third kappa shape index (κ3) is 4.61. The first kappa shape index (κ1) is 19.5. The van der Waals surface area contributed by atoms with Crippen molar-refractivity contribution in [2.75, 3.05) is 19.5 Å². The summed E-state index contributed by atoms with van der Waals surface area (Å²) in [6, 6.07) is 11.1. The number of ether oxygens (including phenoxy) is 2. The van der Waals surface area contributed by atoms with Gasteiger partial charge in [0.05, 0.1) is 19.1 Å². The van der Waals surface area contributed by atoms with Crippen molar-refractivity contribution in [2.45, 2.75) is 6.92 Å². The van der Waals surface area contributed by atoms with Crippen LogP contribution in [0.5, 0.6) is 11.5 Å². The van der Waals surface area contributed by atoms with Crippen LogP contribution in [0.1, 0.15) is 11.1 Å². The van der Waals surface area contributed by atoms with Crippen molar-refractivity contribution in [3.8, 4) is 17.6 Å². The predicted molar refractivity (Wildman–Crippen MR) is 99.6 cm³/mol. The van der Waals surface area contributed by atoms with Crippen LogP contribution in [0.2, 0.25) is 0 Å². The van der Waals surface area contributed by atoms with Crippen LogP contribution < -0.4 is 14.8 Å². The number of rotatable bonds is 6. The van der Waals surface area contributed by atoms with E-state index in [1.165, 1.54) is 26.4 Å². The van der Waals surface area contributed by atoms with E-state index in [0.717, 1.165) is 0 Å². The molecule has 0 atom stereocenters. The lowest BCUT2D eigenvalue weighted by Gasteiger charge is -2.10. The monoisotopic (exact) mass is 367 g/mol. The van der Waals surface area contributed by atoms with Crippen molar-refractivity contribution in [3.63, 3.8) is 0 Å². The number of carbonyl (C=O) groups excluding carboxylic acids is 1. The Kier molecular flexibility index (Phi) is 6.12. The summed E-state index contributed by atoms with van der Waals surface area (Å²) >= 11 is 0. The second-order valence-electron chi connectivity index (χ2n) is 5.50. The smallest absolute Gasteiger partial charge is 0.272 e. The second-order valence-corrected chi connectivity index (χ2v) is 5.50. The Morgan fingerprint density at radius 2 is 1.89 bits per heavy atom. The van der Waals surface area contributed by atoms with Crippen molar-refractivity contribution in [2.24, 2.45) is 0 Å². The van der Waals surface area contributed by atoms with Crippen LogP contribution in [-0.2, 0) is 4.79 Å². The number of hydrogen-bond acceptors (Lipinski definition) is 6. The highest BCUT2D eigenvalue weighted by Crippen LogP contribution is 2.30. The second kappa shape index (κ2) is 8.49. The molecule has 1 N–H and O–H groups in total. The van der Waals surface area contributed by atoms with Gasteiger partial charge in [-0.3, -0.25) is 14.9 Å². The maximum atomic E-state index is 12.4. The number of carbonyl (C=O) groups is 1. The zero-order valence-corrected chi connectivity index (χ0v) is 15.0. The first-order valence-electron chi connectivity index (χ1n) is 7.79. The molecule has 2 aromatic rings. The van der Waals surface area contributed by atoms with Gasteiger partial charge in [-0.2, -0.15) is 5.26 Å². The van der Waals surface area contributed by atoms with E-state index in [0.29, 0.717) is 28.3 Å². The Bertz CT molecular complexity index is 960. The third-order valence-electron chi connectivity index (χ3n) is 3.75. The number of nitro benzene ring substituents is 1. The number of nitrogens with zero attached hydrogens (tertiary/aromatic N) is 2. The van der Waals surface area contributed by atoms with Gasteiger partial charge in [-0.1, -0.05) is 12.1 Å². The van der Waals surface area contributed by atoms with E-state index in [-0.39, 0.29) is 11.3 Å². The Morgan fingerprint density at radius 3 is 2.48 bits per heavy atom. The van der Waals surface area contributed by atoms with Gasteiger partial charge in [0.25, 0.3) is 11.6 Å². The van der Waals surface area contributed by atoms with Crippen LogP contribution in [0.25, 0.3) is 6.08 Å². The molecule has 1 amide bonds. The number of benzene rings is 2. The molecule has 2 rings (SSSR count). The molecule has 27 heavy (non-hydrogen) atoms. The SMILES string of the molecule is COc1ccc(NC(=O)/C(C#N)=C/c2ccc(C)c([N+](=O)[O-])c2)cc1OC. The molecular formula is C19H17N3O5. The van der Waals surface area contributed by atoms with Crippen LogP contribution >= 0.6 is 0 Å². The van der Waals surface area contributed by atoms with Gasteiger partial charge in [-0.05, 0) is 30.7 Å². The van der Waals surface area contributed by atoms with E-state index < -0.39 is 10.8 Å². The zero-order chi connectivity index (χ0) is 20.0. The molecule has 138 valence electrons. The standard InChI is InChI=1S/C19H17N3O5/c1-12-4-5-13(9-16(12)22(24)25)8-14(11-20)19(23)21-15-6-7-17(26-2)18(10-15)27-3/h4-10H,1-3H3,(H,21,23)/b14-8+. The van der Waals surface area contributed by atoms with Gasteiger partial charge in [-0.25, -0.2) is 0 Å². The third-order valence-corrected chi connectivity index (χ3v) is 3.75. The van der Waals surface area contributed by atoms with Gasteiger partial charge in [0.1, 0.15) is 11.6 Å². The molecule has 0 bridgehead atoms. The lowest BCUT2D eigenvalue weighted by molar-refractivity contribution is -0.385. The molecule has 0 heterocycles. The average molecular weight is 367 g/mol. The minimum Gasteiger partial charge on any atom is -0.493 e. The van der Waals surface area contributed by atoms with Crippen LogP contribution in [0, 0.1) is 28.4 Å². The number of aryl methyl sites for hydroxylation is 1. The van der Waals surface area contributed by atoms with Gasteiger partial charge in [0.2, 0.25) is 0 Å². The van der Waals surface area contributed by atoms with E-state index in [1.807, 2.05) is 6.07 Å². The van der Waals surface area contributed by atoms with Crippen molar-refractivity contribution < 1.29 is 19.2 Å². The maximum Gasteiger partial charge on any atom is 0.272 e. The Hall–Kier alpha value is -3.86. The topological polar surface area (TPSA) is 114 Å². The number of nitriles is 1. The van der Waals surface area contributed by atoms with Gasteiger partial charge in [0.15, 0.2) is 11.5 Å². The summed E-state index contributed by atoms with van der Waals surface area (Å²) in [6.07, 6.45) is 1.29. The summed E-state index contributed by atoms with van der Waals surface area (Å²) in [6.45, 7) is 1.61. The van der Waals surface area contributed by atoms with Crippen LogP contribution in [0.3, 0.4) is 0 Å². The summed E-state index contributed by atoms with van der Waals surface area (Å²) in [5.74, 6) is 0.276. The average Bonchev–Trinajstić information content (AvgIpc) is 2.66. The molecule has 0 radical (unpaired) electrons. The summed E-state index contributed by atoms with van der Waals surface area (Å²) in [4.78, 5) is 22.9. The largest absolute Gasteiger partial charge is 0.493 e. The molecule has 0 aliphatic heterocycles. The van der Waals surface area contributed by atoms with E-state index in [9.17, 15) is 20.2 Å². The van der Waals surface area contributed by atoms with Crippen LogP contribution in [0.4, 0.5) is 11.4 Å². The molecule has 0 spiro atoms. The van der Waals surface area contributed by atoms with E-state index in [4.69, 9.17) is 9.47 Å². The van der Waals surface area contributed by atoms with E-state index in [1.54, 1.807) is 37.3 Å². The summed E-state index contributed by atoms with van der Waals surface area (Å²) in [7, 11) is 2.96. The Morgan fingerprint density at radius 1 is 1.19 bits per heavy atom. The molecule has 0 saturated carbocycles. The molecule has 0 aliphatic rings. The minimum absolute atomic E-state index is 0.0821. The molecule has 0 fully saturated rings. The molecule has 8 nitrogen and oxygen atoms in total. The molecule has 0 aromatic heterocycles. The van der Waals surface area contributed by atoms with Gasteiger partial charge < -0.3 is 14.8 Å². The minimum atomic E-state index is -0.645. The number of hydrogen-bond donors (Lipinski definition) is 1. The number of nitro groups is 1. The normalized spacial score (nSPS) is 10.7. The maximum absolute atomic E-state index is 12.4. The van der Waals surface area contributed by atoms with Gasteiger partial charge in [-0.15, -0.1) is 0 Å². The Balaban J connectivity index is 2.29. The molecule has 8 heteroatoms. The molecule has 0 unspecified atom stereocenters. The highest BCUT2D eigenvalue weighted by atomic mass is 16.6. The van der Waals surface area contributed by atoms with Crippen molar-refractivity contribution in [1.82, 2.24) is 0 Å². The molecule has 0 aliphatic carbocycles.